The van der Waals surface area contributed by atoms with Crippen LogP contribution in [-0.2, 0) is 11.2 Å². The van der Waals surface area contributed by atoms with E-state index in [4.69, 9.17) is 27.9 Å². The number of halogens is 2. The van der Waals surface area contributed by atoms with Crippen molar-refractivity contribution in [2.24, 2.45) is 0 Å². The molecule has 0 aliphatic heterocycles. The Bertz CT molecular complexity index is 664. The lowest BCUT2D eigenvalue weighted by molar-refractivity contribution is -0.116. The van der Waals surface area contributed by atoms with Crippen LogP contribution in [0.4, 0.5) is 5.69 Å². The number of ether oxygens (including phenoxy) is 1. The molecule has 23 heavy (non-hydrogen) atoms. The lowest BCUT2D eigenvalue weighted by atomic mass is 10.2. The van der Waals surface area contributed by atoms with Gasteiger partial charge in [0, 0.05) is 5.69 Å². The Hall–Kier alpha value is -1.91. The molecule has 0 bridgehead atoms. The standard InChI is InChI=1S/C17H17Cl2NO3/c1-2-11-3-5-13(6-4-11)23-8-7-16(21)20-12-9-14(18)17(22)15(19)10-12/h3-6,9-10,22H,2,7-8H2,1H3,(H,20,21). The molecule has 0 aromatic heterocycles. The van der Waals surface area contributed by atoms with Crippen molar-refractivity contribution in [1.29, 1.82) is 0 Å². The molecule has 0 aliphatic rings. The molecule has 0 unspecified atom stereocenters. The van der Waals surface area contributed by atoms with Crippen molar-refractivity contribution in [3.8, 4) is 11.5 Å². The monoisotopic (exact) mass is 353 g/mol. The number of phenols is 1. The number of hydrogen-bond donors (Lipinski definition) is 2. The Morgan fingerprint density at radius 2 is 1.78 bits per heavy atom. The molecule has 2 N–H and O–H groups in total. The molecule has 0 atom stereocenters. The molecule has 122 valence electrons. The van der Waals surface area contributed by atoms with Crippen LogP contribution in [-0.4, -0.2) is 17.6 Å². The van der Waals surface area contributed by atoms with Gasteiger partial charge in [0.25, 0.3) is 0 Å². The van der Waals surface area contributed by atoms with Crippen molar-refractivity contribution in [2.45, 2.75) is 19.8 Å². The summed E-state index contributed by atoms with van der Waals surface area (Å²) in [6.45, 7) is 2.35. The molecule has 2 rings (SSSR count). The van der Waals surface area contributed by atoms with Crippen LogP contribution in [0.25, 0.3) is 0 Å². The van der Waals surface area contributed by atoms with Crippen LogP contribution in [0.5, 0.6) is 11.5 Å². The normalized spacial score (nSPS) is 10.4. The van der Waals surface area contributed by atoms with Crippen molar-refractivity contribution in [1.82, 2.24) is 0 Å². The number of aromatic hydroxyl groups is 1. The van der Waals surface area contributed by atoms with E-state index in [0.717, 1.165) is 12.2 Å². The van der Waals surface area contributed by atoms with E-state index in [0.29, 0.717) is 5.69 Å². The molecule has 0 saturated heterocycles. The van der Waals surface area contributed by atoms with Gasteiger partial charge in [0.1, 0.15) is 5.75 Å². The third kappa shape index (κ3) is 5.05. The van der Waals surface area contributed by atoms with E-state index in [9.17, 15) is 9.90 Å². The second-order valence-electron chi connectivity index (χ2n) is 4.93. The average molecular weight is 354 g/mol. The number of aryl methyl sites for hydroxylation is 1. The van der Waals surface area contributed by atoms with Crippen LogP contribution in [0, 0.1) is 0 Å². The first-order chi connectivity index (χ1) is 11.0. The van der Waals surface area contributed by atoms with E-state index in [2.05, 4.69) is 12.2 Å². The summed E-state index contributed by atoms with van der Waals surface area (Å²) in [5.74, 6) is 0.295. The second kappa shape index (κ2) is 8.09. The zero-order valence-electron chi connectivity index (χ0n) is 12.6. The highest BCUT2D eigenvalue weighted by Crippen LogP contribution is 2.34. The lowest BCUT2D eigenvalue weighted by Gasteiger charge is -2.09. The van der Waals surface area contributed by atoms with Gasteiger partial charge in [-0.1, -0.05) is 42.3 Å². The first-order valence-corrected chi connectivity index (χ1v) is 7.94. The van der Waals surface area contributed by atoms with Crippen LogP contribution in [0.15, 0.2) is 36.4 Å². The summed E-state index contributed by atoms with van der Waals surface area (Å²) in [6.07, 6.45) is 1.16. The molecule has 0 spiro atoms. The Kier molecular flexibility index (Phi) is 6.13. The number of nitrogens with one attached hydrogen (secondary N) is 1. The molecule has 0 fully saturated rings. The molecular formula is C17H17Cl2NO3. The van der Waals surface area contributed by atoms with Crippen molar-refractivity contribution >= 4 is 34.8 Å². The van der Waals surface area contributed by atoms with Crippen LogP contribution in [0.2, 0.25) is 10.0 Å². The van der Waals surface area contributed by atoms with E-state index >= 15 is 0 Å². The fourth-order valence-corrected chi connectivity index (χ4v) is 2.43. The zero-order chi connectivity index (χ0) is 16.8. The lowest BCUT2D eigenvalue weighted by Crippen LogP contribution is -2.15. The average Bonchev–Trinajstić information content (AvgIpc) is 2.53. The number of carbonyl (C=O) groups excluding carboxylic acids is 1. The minimum Gasteiger partial charge on any atom is -0.505 e. The maximum atomic E-state index is 11.9. The van der Waals surface area contributed by atoms with Crippen molar-refractivity contribution in [2.75, 3.05) is 11.9 Å². The summed E-state index contributed by atoms with van der Waals surface area (Å²) in [6, 6.07) is 10.6. The van der Waals surface area contributed by atoms with E-state index in [1.54, 1.807) is 0 Å². The van der Waals surface area contributed by atoms with Gasteiger partial charge in [-0.05, 0) is 36.2 Å². The third-order valence-corrected chi connectivity index (χ3v) is 3.81. The van der Waals surface area contributed by atoms with Crippen LogP contribution in [0.3, 0.4) is 0 Å². The Labute approximate surface area is 145 Å². The number of rotatable bonds is 6. The fraction of sp³-hybridized carbons (Fsp3) is 0.235. The van der Waals surface area contributed by atoms with Crippen molar-refractivity contribution in [3.05, 3.63) is 52.0 Å². The van der Waals surface area contributed by atoms with E-state index in [1.165, 1.54) is 17.7 Å². The molecule has 1 amide bonds. The molecule has 0 saturated carbocycles. The molecule has 2 aromatic rings. The topological polar surface area (TPSA) is 58.6 Å². The summed E-state index contributed by atoms with van der Waals surface area (Å²) in [5, 5.41) is 12.3. The third-order valence-electron chi connectivity index (χ3n) is 3.23. The predicted molar refractivity (Wildman–Crippen MR) is 92.7 cm³/mol. The van der Waals surface area contributed by atoms with Crippen LogP contribution < -0.4 is 10.1 Å². The van der Waals surface area contributed by atoms with Gasteiger partial charge in [0.15, 0.2) is 5.75 Å². The minimum atomic E-state index is -0.229. The summed E-state index contributed by atoms with van der Waals surface area (Å²) < 4.78 is 5.53. The van der Waals surface area contributed by atoms with Gasteiger partial charge in [-0.3, -0.25) is 4.79 Å². The quantitative estimate of drug-likeness (QED) is 0.742. The molecule has 0 heterocycles. The minimum absolute atomic E-state index is 0.0834. The van der Waals surface area contributed by atoms with Gasteiger partial charge in [-0.2, -0.15) is 0 Å². The fourth-order valence-electron chi connectivity index (χ4n) is 1.94. The van der Waals surface area contributed by atoms with Gasteiger partial charge < -0.3 is 15.2 Å². The largest absolute Gasteiger partial charge is 0.505 e. The van der Waals surface area contributed by atoms with E-state index in [1.807, 2.05) is 24.3 Å². The molecule has 6 heteroatoms. The van der Waals surface area contributed by atoms with E-state index in [-0.39, 0.29) is 34.7 Å². The summed E-state index contributed by atoms with van der Waals surface area (Å²) >= 11 is 11.6. The second-order valence-corrected chi connectivity index (χ2v) is 5.75. The number of anilines is 1. The predicted octanol–water partition coefficient (Wildman–Crippen LogP) is 4.67. The molecule has 0 aliphatic carbocycles. The van der Waals surface area contributed by atoms with Gasteiger partial charge >= 0.3 is 0 Å². The number of hydrogen-bond acceptors (Lipinski definition) is 3. The summed E-state index contributed by atoms with van der Waals surface area (Å²) in [4.78, 5) is 11.9. The number of carbonyl (C=O) groups is 1. The maximum absolute atomic E-state index is 11.9. The highest BCUT2D eigenvalue weighted by molar-refractivity contribution is 6.37. The Morgan fingerprint density at radius 3 is 2.35 bits per heavy atom. The number of benzene rings is 2. The Morgan fingerprint density at radius 1 is 1.17 bits per heavy atom. The van der Waals surface area contributed by atoms with Crippen LogP contribution >= 0.6 is 23.2 Å². The molecular weight excluding hydrogens is 337 g/mol. The molecule has 0 radical (unpaired) electrons. The highest BCUT2D eigenvalue weighted by Gasteiger charge is 2.09. The summed E-state index contributed by atoms with van der Waals surface area (Å²) in [7, 11) is 0. The van der Waals surface area contributed by atoms with Gasteiger partial charge in [0.2, 0.25) is 5.91 Å². The first-order valence-electron chi connectivity index (χ1n) is 7.19. The smallest absolute Gasteiger partial charge is 0.227 e. The number of amides is 1. The first kappa shape index (κ1) is 17.4. The van der Waals surface area contributed by atoms with Gasteiger partial charge in [-0.25, -0.2) is 0 Å². The van der Waals surface area contributed by atoms with E-state index < -0.39 is 0 Å². The molecule has 4 nitrogen and oxygen atoms in total. The Balaban J connectivity index is 1.83. The van der Waals surface area contributed by atoms with Crippen molar-refractivity contribution < 1.29 is 14.6 Å². The number of phenolic OH excluding ortho intramolecular Hbond substituents is 1. The van der Waals surface area contributed by atoms with Gasteiger partial charge in [0.05, 0.1) is 23.1 Å². The zero-order valence-corrected chi connectivity index (χ0v) is 14.1. The maximum Gasteiger partial charge on any atom is 0.227 e. The SMILES string of the molecule is CCc1ccc(OCCC(=O)Nc2cc(Cl)c(O)c(Cl)c2)cc1. The van der Waals surface area contributed by atoms with Crippen molar-refractivity contribution in [3.63, 3.8) is 0 Å². The summed E-state index contributed by atoms with van der Waals surface area (Å²) in [5.41, 5.74) is 1.66. The molecule has 2 aromatic carbocycles. The highest BCUT2D eigenvalue weighted by atomic mass is 35.5. The van der Waals surface area contributed by atoms with Crippen LogP contribution in [0.1, 0.15) is 18.9 Å². The van der Waals surface area contributed by atoms with Gasteiger partial charge in [-0.15, -0.1) is 0 Å².